The Morgan fingerprint density at radius 2 is 2.10 bits per heavy atom. The molecule has 0 radical (unpaired) electrons. The van der Waals surface area contributed by atoms with Gasteiger partial charge in [0.05, 0.1) is 12.0 Å². The number of pyridine rings is 1. The van der Waals surface area contributed by atoms with Crippen LogP contribution in [0.4, 0.5) is 10.6 Å². The first-order valence-corrected chi connectivity index (χ1v) is 10.4. The van der Waals surface area contributed by atoms with E-state index in [0.29, 0.717) is 18.8 Å². The van der Waals surface area contributed by atoms with Crippen molar-refractivity contribution in [2.24, 2.45) is 5.41 Å². The second-order valence-electron chi connectivity index (χ2n) is 9.08. The molecule has 0 bridgehead atoms. The van der Waals surface area contributed by atoms with Crippen LogP contribution in [0, 0.1) is 5.41 Å². The first kappa shape index (κ1) is 21.8. The molecule has 0 aliphatic heterocycles. The zero-order valence-corrected chi connectivity index (χ0v) is 18.1. The van der Waals surface area contributed by atoms with E-state index >= 15 is 0 Å². The summed E-state index contributed by atoms with van der Waals surface area (Å²) in [6, 6.07) is 5.33. The fraction of sp³-hybridized carbons (Fsp3) is 0.545. The zero-order valence-electron chi connectivity index (χ0n) is 18.1. The van der Waals surface area contributed by atoms with E-state index in [0.717, 1.165) is 24.8 Å². The maximum Gasteiger partial charge on any atom is 0.407 e. The van der Waals surface area contributed by atoms with Gasteiger partial charge in [0.1, 0.15) is 5.60 Å². The number of nitrogens with zero attached hydrogens (tertiary/aromatic N) is 3. The number of alkyl carbamates (subject to hydrolysis) is 1. The quantitative estimate of drug-likeness (QED) is 0.778. The van der Waals surface area contributed by atoms with E-state index in [1.54, 1.807) is 23.1 Å². The number of aromatic nitrogens is 3. The molecule has 1 saturated carbocycles. The highest BCUT2D eigenvalue weighted by atomic mass is 16.6. The third-order valence-electron chi connectivity index (χ3n) is 5.37. The van der Waals surface area contributed by atoms with Gasteiger partial charge in [-0.15, -0.1) is 0 Å². The molecule has 2 atom stereocenters. The molecule has 3 rings (SSSR count). The fourth-order valence-corrected chi connectivity index (χ4v) is 3.74. The van der Waals surface area contributed by atoms with Gasteiger partial charge < -0.3 is 15.4 Å². The molecule has 0 saturated heterocycles. The molecule has 1 fully saturated rings. The van der Waals surface area contributed by atoms with Crippen LogP contribution in [0.2, 0.25) is 0 Å². The Bertz CT molecular complexity index is 874. The molecule has 30 heavy (non-hydrogen) atoms. The van der Waals surface area contributed by atoms with Crippen LogP contribution in [0.15, 0.2) is 36.8 Å². The van der Waals surface area contributed by atoms with Crippen LogP contribution in [-0.4, -0.2) is 38.4 Å². The van der Waals surface area contributed by atoms with Crippen molar-refractivity contribution >= 4 is 17.8 Å². The lowest BCUT2D eigenvalue weighted by atomic mass is 9.71. The van der Waals surface area contributed by atoms with Crippen molar-refractivity contribution in [1.29, 1.82) is 0 Å². The Morgan fingerprint density at radius 1 is 1.30 bits per heavy atom. The molecular formula is C22H31N5O3. The van der Waals surface area contributed by atoms with Gasteiger partial charge in [-0.25, -0.2) is 4.79 Å². The summed E-state index contributed by atoms with van der Waals surface area (Å²) in [6.45, 7) is 7.93. The van der Waals surface area contributed by atoms with E-state index < -0.39 is 17.1 Å². The van der Waals surface area contributed by atoms with E-state index in [1.165, 1.54) is 0 Å². The summed E-state index contributed by atoms with van der Waals surface area (Å²) in [5, 5.41) is 10.3. The van der Waals surface area contributed by atoms with E-state index in [2.05, 4.69) is 20.7 Å². The molecule has 1 aliphatic rings. The Morgan fingerprint density at radius 3 is 2.80 bits per heavy atom. The van der Waals surface area contributed by atoms with Gasteiger partial charge in [-0.05, 0) is 52.2 Å². The number of amides is 2. The molecule has 0 spiro atoms. The lowest BCUT2D eigenvalue weighted by Crippen LogP contribution is -2.54. The average Bonchev–Trinajstić information content (AvgIpc) is 3.10. The van der Waals surface area contributed by atoms with Crippen LogP contribution < -0.4 is 10.6 Å². The van der Waals surface area contributed by atoms with Crippen molar-refractivity contribution in [2.75, 3.05) is 5.32 Å². The number of anilines is 1. The molecule has 2 aromatic heterocycles. The summed E-state index contributed by atoms with van der Waals surface area (Å²) in [4.78, 5) is 29.6. The third kappa shape index (κ3) is 5.58. The van der Waals surface area contributed by atoms with Crippen molar-refractivity contribution in [3.05, 3.63) is 42.4 Å². The molecule has 8 nitrogen and oxygen atoms in total. The van der Waals surface area contributed by atoms with Gasteiger partial charge in [-0.2, -0.15) is 5.10 Å². The third-order valence-corrected chi connectivity index (χ3v) is 5.37. The molecule has 162 valence electrons. The summed E-state index contributed by atoms with van der Waals surface area (Å²) < 4.78 is 7.15. The minimum absolute atomic E-state index is 0.144. The average molecular weight is 414 g/mol. The van der Waals surface area contributed by atoms with Crippen LogP contribution in [-0.2, 0) is 16.1 Å². The van der Waals surface area contributed by atoms with Crippen LogP contribution in [0.25, 0.3) is 0 Å². The van der Waals surface area contributed by atoms with Crippen molar-refractivity contribution in [3.8, 4) is 0 Å². The number of rotatable bonds is 5. The maximum absolute atomic E-state index is 13.2. The first-order chi connectivity index (χ1) is 14.2. The molecule has 2 amide bonds. The van der Waals surface area contributed by atoms with E-state index in [9.17, 15) is 9.59 Å². The van der Waals surface area contributed by atoms with Crippen molar-refractivity contribution < 1.29 is 14.3 Å². The molecule has 2 N–H and O–H groups in total. The number of carbonyl (C=O) groups excluding carboxylic acids is 2. The minimum atomic E-state index is -0.734. The van der Waals surface area contributed by atoms with Crippen molar-refractivity contribution in [2.45, 2.75) is 71.6 Å². The van der Waals surface area contributed by atoms with Crippen LogP contribution in [0.3, 0.4) is 0 Å². The molecule has 0 aromatic carbocycles. The minimum Gasteiger partial charge on any atom is -0.444 e. The molecule has 1 aliphatic carbocycles. The first-order valence-electron chi connectivity index (χ1n) is 10.4. The van der Waals surface area contributed by atoms with Crippen LogP contribution >= 0.6 is 0 Å². The predicted octanol–water partition coefficient (Wildman–Crippen LogP) is 3.74. The normalized spacial score (nSPS) is 21.7. The number of hydrogen-bond donors (Lipinski definition) is 2. The van der Waals surface area contributed by atoms with E-state index in [1.807, 2.05) is 46.0 Å². The summed E-state index contributed by atoms with van der Waals surface area (Å²) >= 11 is 0. The largest absolute Gasteiger partial charge is 0.444 e. The Labute approximate surface area is 177 Å². The lowest BCUT2D eigenvalue weighted by molar-refractivity contribution is -0.127. The summed E-state index contributed by atoms with van der Waals surface area (Å²) in [6.07, 6.45) is 8.17. The van der Waals surface area contributed by atoms with Gasteiger partial charge in [0.2, 0.25) is 5.91 Å². The van der Waals surface area contributed by atoms with Gasteiger partial charge >= 0.3 is 6.09 Å². The summed E-state index contributed by atoms with van der Waals surface area (Å²) in [5.41, 5.74) is -0.291. The highest BCUT2D eigenvalue weighted by Crippen LogP contribution is 2.37. The second kappa shape index (κ2) is 8.85. The smallest absolute Gasteiger partial charge is 0.407 e. The molecule has 2 aromatic rings. The maximum atomic E-state index is 13.2. The SMILES string of the molecule is CC(C)(C)OC(=O)NC1CCCCC1(C)C(=O)Nc1ccn(Cc2cccnc2)n1. The highest BCUT2D eigenvalue weighted by Gasteiger charge is 2.44. The lowest BCUT2D eigenvalue weighted by Gasteiger charge is -2.40. The standard InChI is InChI=1S/C22H31N5O3/c1-21(2,3)30-20(29)24-17-9-5-6-11-22(17,4)19(28)25-18-10-13-27(26-18)15-16-8-7-12-23-14-16/h7-8,10,12-14,17H,5-6,9,11,15H2,1-4H3,(H,24,29)(H,25,26,28). The second-order valence-corrected chi connectivity index (χ2v) is 9.08. The number of nitrogens with one attached hydrogen (secondary N) is 2. The van der Waals surface area contributed by atoms with Crippen LogP contribution in [0.5, 0.6) is 0 Å². The molecular weight excluding hydrogens is 382 g/mol. The topological polar surface area (TPSA) is 98.1 Å². The van der Waals surface area contributed by atoms with Gasteiger partial charge in [0.25, 0.3) is 0 Å². The molecule has 8 heteroatoms. The van der Waals surface area contributed by atoms with E-state index in [-0.39, 0.29) is 11.9 Å². The van der Waals surface area contributed by atoms with Crippen LogP contribution in [0.1, 0.15) is 58.9 Å². The summed E-state index contributed by atoms with van der Waals surface area (Å²) in [7, 11) is 0. The molecule has 2 unspecified atom stereocenters. The Balaban J connectivity index is 1.65. The number of ether oxygens (including phenoxy) is 1. The predicted molar refractivity (Wildman–Crippen MR) is 114 cm³/mol. The van der Waals surface area contributed by atoms with E-state index in [4.69, 9.17) is 4.74 Å². The van der Waals surface area contributed by atoms with Gasteiger partial charge in [0, 0.05) is 30.7 Å². The Hall–Kier alpha value is -2.90. The van der Waals surface area contributed by atoms with Crippen molar-refractivity contribution in [3.63, 3.8) is 0 Å². The zero-order chi connectivity index (χ0) is 21.8. The monoisotopic (exact) mass is 413 g/mol. The fourth-order valence-electron chi connectivity index (χ4n) is 3.74. The Kier molecular flexibility index (Phi) is 6.43. The van der Waals surface area contributed by atoms with Gasteiger partial charge in [0.15, 0.2) is 5.82 Å². The number of carbonyl (C=O) groups is 2. The van der Waals surface area contributed by atoms with Gasteiger partial charge in [-0.1, -0.05) is 18.9 Å². The van der Waals surface area contributed by atoms with Gasteiger partial charge in [-0.3, -0.25) is 14.5 Å². The van der Waals surface area contributed by atoms with Crippen molar-refractivity contribution in [1.82, 2.24) is 20.1 Å². The molecule has 2 heterocycles. The number of hydrogen-bond acceptors (Lipinski definition) is 5. The summed E-state index contributed by atoms with van der Waals surface area (Å²) in [5.74, 6) is 0.349. The highest BCUT2D eigenvalue weighted by molar-refractivity contribution is 5.95.